The smallest absolute Gasteiger partial charge is 0.248 e. The summed E-state index contributed by atoms with van der Waals surface area (Å²) >= 11 is 3.26. The molecule has 0 unspecified atom stereocenters. The van der Waals surface area contributed by atoms with E-state index in [1.165, 1.54) is 18.2 Å². The number of benzene rings is 2. The lowest BCUT2D eigenvalue weighted by Gasteiger charge is -2.07. The first-order chi connectivity index (χ1) is 12.1. The van der Waals surface area contributed by atoms with Gasteiger partial charge in [0.15, 0.2) is 0 Å². The van der Waals surface area contributed by atoms with E-state index in [-0.39, 0.29) is 5.91 Å². The number of nitrogens with one attached hydrogen (secondary N) is 1. The molecule has 25 heavy (non-hydrogen) atoms. The molecule has 0 fully saturated rings. The standard InChI is InChI=1S/C19H16BrFN2O2/c20-15-7-8-18(21)14(12-15)6-9-19(24)23-16-4-3-5-17(13-16)25-11-2-1-10-22/h3-9,12-13H,1-2,11H2,(H,23,24). The Morgan fingerprint density at radius 3 is 2.96 bits per heavy atom. The molecule has 0 saturated heterocycles. The number of carbonyl (C=O) groups is 1. The van der Waals surface area contributed by atoms with Gasteiger partial charge < -0.3 is 10.1 Å². The Hall–Kier alpha value is -2.65. The summed E-state index contributed by atoms with van der Waals surface area (Å²) in [6, 6.07) is 13.5. The van der Waals surface area contributed by atoms with Crippen LogP contribution < -0.4 is 10.1 Å². The van der Waals surface area contributed by atoms with Gasteiger partial charge in [-0.25, -0.2) is 4.39 Å². The molecule has 0 aliphatic heterocycles. The number of hydrogen-bond acceptors (Lipinski definition) is 3. The van der Waals surface area contributed by atoms with Gasteiger partial charge in [0.2, 0.25) is 5.91 Å². The fourth-order valence-electron chi connectivity index (χ4n) is 2.00. The van der Waals surface area contributed by atoms with Gasteiger partial charge in [-0.3, -0.25) is 4.79 Å². The number of carbonyl (C=O) groups excluding carboxylic acids is 1. The summed E-state index contributed by atoms with van der Waals surface area (Å²) in [4.78, 5) is 12.0. The van der Waals surface area contributed by atoms with Gasteiger partial charge in [0.05, 0.1) is 12.7 Å². The van der Waals surface area contributed by atoms with Crippen molar-refractivity contribution < 1.29 is 13.9 Å². The summed E-state index contributed by atoms with van der Waals surface area (Å²) in [7, 11) is 0. The second-order valence-corrected chi connectivity index (χ2v) is 6.04. The minimum Gasteiger partial charge on any atom is -0.493 e. The molecule has 1 amide bonds. The van der Waals surface area contributed by atoms with Crippen LogP contribution in [0.25, 0.3) is 6.08 Å². The Morgan fingerprint density at radius 1 is 1.32 bits per heavy atom. The fraction of sp³-hybridized carbons (Fsp3) is 0.158. The first-order valence-electron chi connectivity index (χ1n) is 7.62. The van der Waals surface area contributed by atoms with Crippen LogP contribution >= 0.6 is 15.9 Å². The molecule has 0 spiro atoms. The van der Waals surface area contributed by atoms with Crippen molar-refractivity contribution in [3.8, 4) is 11.8 Å². The maximum atomic E-state index is 13.6. The minimum atomic E-state index is -0.403. The van der Waals surface area contributed by atoms with Crippen molar-refractivity contribution in [1.29, 1.82) is 5.26 Å². The Labute approximate surface area is 154 Å². The van der Waals surface area contributed by atoms with Crippen LogP contribution in [0.5, 0.6) is 5.75 Å². The highest BCUT2D eigenvalue weighted by Crippen LogP contribution is 2.19. The predicted molar refractivity (Wildman–Crippen MR) is 98.5 cm³/mol. The number of nitriles is 1. The van der Waals surface area contributed by atoms with Gasteiger partial charge in [-0.2, -0.15) is 5.26 Å². The molecule has 0 bridgehead atoms. The van der Waals surface area contributed by atoms with Gasteiger partial charge in [-0.05, 0) is 42.8 Å². The van der Waals surface area contributed by atoms with Gasteiger partial charge in [0, 0.05) is 34.3 Å². The number of anilines is 1. The highest BCUT2D eigenvalue weighted by molar-refractivity contribution is 9.10. The monoisotopic (exact) mass is 402 g/mol. The second kappa shape index (κ2) is 9.60. The van der Waals surface area contributed by atoms with Crippen molar-refractivity contribution in [3.05, 3.63) is 64.4 Å². The van der Waals surface area contributed by atoms with Crippen molar-refractivity contribution in [3.63, 3.8) is 0 Å². The third-order valence-corrected chi connectivity index (χ3v) is 3.67. The van der Waals surface area contributed by atoms with Gasteiger partial charge in [-0.1, -0.05) is 22.0 Å². The Morgan fingerprint density at radius 2 is 2.16 bits per heavy atom. The lowest BCUT2D eigenvalue weighted by molar-refractivity contribution is -0.111. The molecular weight excluding hydrogens is 387 g/mol. The van der Waals surface area contributed by atoms with E-state index in [1.54, 1.807) is 36.4 Å². The van der Waals surface area contributed by atoms with Crippen LogP contribution in [0.2, 0.25) is 0 Å². The molecule has 0 aromatic heterocycles. The lowest BCUT2D eigenvalue weighted by atomic mass is 10.2. The third-order valence-electron chi connectivity index (χ3n) is 3.18. The van der Waals surface area contributed by atoms with E-state index in [9.17, 15) is 9.18 Å². The fourth-order valence-corrected chi connectivity index (χ4v) is 2.38. The summed E-state index contributed by atoms with van der Waals surface area (Å²) in [5.41, 5.74) is 0.890. The third kappa shape index (κ3) is 6.40. The number of hydrogen-bond donors (Lipinski definition) is 1. The van der Waals surface area contributed by atoms with E-state index in [0.717, 1.165) is 4.47 Å². The molecular formula is C19H16BrFN2O2. The molecule has 6 heteroatoms. The predicted octanol–water partition coefficient (Wildman–Crippen LogP) is 4.92. The van der Waals surface area contributed by atoms with Crippen molar-refractivity contribution in [2.75, 3.05) is 11.9 Å². The zero-order valence-corrected chi connectivity index (χ0v) is 14.9. The number of rotatable bonds is 7. The molecule has 0 saturated carbocycles. The minimum absolute atomic E-state index is 0.319. The van der Waals surface area contributed by atoms with E-state index in [0.29, 0.717) is 36.4 Å². The van der Waals surface area contributed by atoms with E-state index >= 15 is 0 Å². The van der Waals surface area contributed by atoms with Crippen molar-refractivity contribution in [2.45, 2.75) is 12.8 Å². The number of ether oxygens (including phenoxy) is 1. The van der Waals surface area contributed by atoms with Crippen LogP contribution in [0.1, 0.15) is 18.4 Å². The highest BCUT2D eigenvalue weighted by Gasteiger charge is 2.03. The molecule has 0 aliphatic carbocycles. The first kappa shape index (κ1) is 18.7. The summed E-state index contributed by atoms with van der Waals surface area (Å²) < 4.78 is 19.9. The van der Waals surface area contributed by atoms with E-state index in [4.69, 9.17) is 10.00 Å². The molecule has 2 rings (SSSR count). The summed E-state index contributed by atoms with van der Waals surface area (Å²) in [6.07, 6.45) is 3.77. The number of halogens is 2. The van der Waals surface area contributed by atoms with Crippen molar-refractivity contribution in [1.82, 2.24) is 0 Å². The van der Waals surface area contributed by atoms with Crippen LogP contribution in [-0.2, 0) is 4.79 Å². The van der Waals surface area contributed by atoms with Gasteiger partial charge >= 0.3 is 0 Å². The Bertz CT molecular complexity index is 815. The Balaban J connectivity index is 1.95. The molecule has 0 atom stereocenters. The SMILES string of the molecule is N#CCCCOc1cccc(NC(=O)C=Cc2cc(Br)ccc2F)c1. The largest absolute Gasteiger partial charge is 0.493 e. The quantitative estimate of drug-likeness (QED) is 0.527. The molecule has 0 radical (unpaired) electrons. The Kier molecular flexibility index (Phi) is 7.17. The molecule has 0 heterocycles. The highest BCUT2D eigenvalue weighted by atomic mass is 79.9. The van der Waals surface area contributed by atoms with Crippen LogP contribution in [0.4, 0.5) is 10.1 Å². The van der Waals surface area contributed by atoms with E-state index < -0.39 is 5.82 Å². The molecule has 2 aromatic rings. The van der Waals surface area contributed by atoms with E-state index in [1.807, 2.05) is 0 Å². The molecule has 2 aromatic carbocycles. The van der Waals surface area contributed by atoms with Crippen LogP contribution in [0.15, 0.2) is 53.0 Å². The number of amides is 1. The van der Waals surface area contributed by atoms with Crippen molar-refractivity contribution in [2.24, 2.45) is 0 Å². The van der Waals surface area contributed by atoms with Gasteiger partial charge in [0.25, 0.3) is 0 Å². The second-order valence-electron chi connectivity index (χ2n) is 5.13. The van der Waals surface area contributed by atoms with Gasteiger partial charge in [0.1, 0.15) is 11.6 Å². The van der Waals surface area contributed by atoms with E-state index in [2.05, 4.69) is 27.3 Å². The average molecular weight is 403 g/mol. The number of unbranched alkanes of at least 4 members (excludes halogenated alkanes) is 1. The van der Waals surface area contributed by atoms with Crippen LogP contribution in [-0.4, -0.2) is 12.5 Å². The maximum absolute atomic E-state index is 13.6. The molecule has 1 N–H and O–H groups in total. The first-order valence-corrected chi connectivity index (χ1v) is 8.42. The molecule has 0 aliphatic rings. The van der Waals surface area contributed by atoms with Crippen LogP contribution in [0.3, 0.4) is 0 Å². The maximum Gasteiger partial charge on any atom is 0.248 e. The zero-order chi connectivity index (χ0) is 18.1. The van der Waals surface area contributed by atoms with Gasteiger partial charge in [-0.15, -0.1) is 0 Å². The zero-order valence-electron chi connectivity index (χ0n) is 13.3. The van der Waals surface area contributed by atoms with Crippen molar-refractivity contribution >= 4 is 33.6 Å². The summed E-state index contributed by atoms with van der Waals surface area (Å²) in [5, 5.41) is 11.2. The normalized spacial score (nSPS) is 10.4. The van der Waals surface area contributed by atoms with Crippen LogP contribution in [0, 0.1) is 17.1 Å². The summed E-state index contributed by atoms with van der Waals surface area (Å²) in [5.74, 6) is -0.168. The topological polar surface area (TPSA) is 62.1 Å². The number of nitrogens with zero attached hydrogens (tertiary/aromatic N) is 1. The average Bonchev–Trinajstić information content (AvgIpc) is 2.60. The molecule has 128 valence electrons. The molecule has 4 nitrogen and oxygen atoms in total. The lowest BCUT2D eigenvalue weighted by Crippen LogP contribution is -2.08. The summed E-state index contributed by atoms with van der Waals surface area (Å²) in [6.45, 7) is 0.438.